The van der Waals surface area contributed by atoms with Crippen LogP contribution in [0.2, 0.25) is 0 Å². The maximum absolute atomic E-state index is 12.8. The number of aryl methyl sites for hydroxylation is 1. The summed E-state index contributed by atoms with van der Waals surface area (Å²) in [6, 6.07) is 7.38. The number of amides is 2. The van der Waals surface area contributed by atoms with Crippen molar-refractivity contribution in [3.05, 3.63) is 45.7 Å². The van der Waals surface area contributed by atoms with E-state index in [4.69, 9.17) is 0 Å². The number of benzene rings is 1. The van der Waals surface area contributed by atoms with E-state index in [-0.39, 0.29) is 35.2 Å². The van der Waals surface area contributed by atoms with Crippen molar-refractivity contribution in [1.29, 1.82) is 0 Å². The van der Waals surface area contributed by atoms with Crippen molar-refractivity contribution in [2.24, 2.45) is 0 Å². The Morgan fingerprint density at radius 3 is 2.75 bits per heavy atom. The van der Waals surface area contributed by atoms with Crippen molar-refractivity contribution in [2.75, 3.05) is 28.6 Å². The van der Waals surface area contributed by atoms with Gasteiger partial charge in [-0.25, -0.2) is 0 Å². The average molecular weight is 381 g/mol. The Balaban J connectivity index is 1.65. The number of aromatic amines is 1. The lowest BCUT2D eigenvalue weighted by Crippen LogP contribution is -2.38. The number of fused-ring (bicyclic) bond motifs is 1. The van der Waals surface area contributed by atoms with Crippen LogP contribution in [0.4, 0.5) is 17.5 Å². The molecule has 2 amide bonds. The fourth-order valence-corrected chi connectivity index (χ4v) is 3.79. The predicted octanol–water partition coefficient (Wildman–Crippen LogP) is 2.13. The van der Waals surface area contributed by atoms with Crippen LogP contribution in [0.25, 0.3) is 0 Å². The van der Waals surface area contributed by atoms with E-state index in [1.165, 1.54) is 0 Å². The topological polar surface area (TPSA) is 107 Å². The van der Waals surface area contributed by atoms with Crippen molar-refractivity contribution in [1.82, 2.24) is 9.97 Å². The van der Waals surface area contributed by atoms with Gasteiger partial charge in [0.1, 0.15) is 5.82 Å². The standard InChI is InChI=1S/C20H23N5O3/c1-12-6-5-7-13(10-12)21-18(27)14-11-15(26)22-17-16(14)19(28)24-20(23-17)25-8-3-2-4-9-25/h5-7,10,14H,2-4,8-9,11H2,1H3,(H,21,27)(H2,22,23,24,26,28)/t14-/m1/s1. The van der Waals surface area contributed by atoms with Crippen LogP contribution < -0.4 is 21.1 Å². The molecule has 0 saturated carbocycles. The van der Waals surface area contributed by atoms with Crippen LogP contribution in [0.3, 0.4) is 0 Å². The lowest BCUT2D eigenvalue weighted by atomic mass is 9.92. The summed E-state index contributed by atoms with van der Waals surface area (Å²) in [5, 5.41) is 5.47. The molecule has 2 aromatic rings. The molecule has 1 aromatic carbocycles. The number of nitrogens with one attached hydrogen (secondary N) is 3. The van der Waals surface area contributed by atoms with E-state index in [2.05, 4.69) is 20.6 Å². The molecule has 1 aromatic heterocycles. The summed E-state index contributed by atoms with van der Waals surface area (Å²) in [6.45, 7) is 3.55. The van der Waals surface area contributed by atoms with E-state index >= 15 is 0 Å². The van der Waals surface area contributed by atoms with Crippen LogP contribution in [0.15, 0.2) is 29.1 Å². The lowest BCUT2D eigenvalue weighted by molar-refractivity contribution is -0.123. The first-order valence-corrected chi connectivity index (χ1v) is 9.58. The van der Waals surface area contributed by atoms with Gasteiger partial charge in [-0.15, -0.1) is 0 Å². The van der Waals surface area contributed by atoms with Crippen molar-refractivity contribution < 1.29 is 9.59 Å². The highest BCUT2D eigenvalue weighted by Gasteiger charge is 2.35. The third-order valence-electron chi connectivity index (χ3n) is 5.20. The van der Waals surface area contributed by atoms with Gasteiger partial charge >= 0.3 is 0 Å². The van der Waals surface area contributed by atoms with Gasteiger partial charge in [0, 0.05) is 25.2 Å². The summed E-state index contributed by atoms with van der Waals surface area (Å²) in [6.07, 6.45) is 3.14. The second kappa shape index (κ2) is 7.46. The Labute approximate surface area is 162 Å². The Morgan fingerprint density at radius 1 is 1.21 bits per heavy atom. The molecular formula is C20H23N5O3. The third kappa shape index (κ3) is 3.62. The molecular weight excluding hydrogens is 358 g/mol. The number of anilines is 3. The minimum Gasteiger partial charge on any atom is -0.342 e. The van der Waals surface area contributed by atoms with Gasteiger partial charge in [0.2, 0.25) is 17.8 Å². The van der Waals surface area contributed by atoms with Crippen LogP contribution in [0.5, 0.6) is 0 Å². The monoisotopic (exact) mass is 381 g/mol. The summed E-state index contributed by atoms with van der Waals surface area (Å²) in [4.78, 5) is 47.1. The highest BCUT2D eigenvalue weighted by molar-refractivity contribution is 6.04. The molecule has 4 rings (SSSR count). The number of hydrogen-bond donors (Lipinski definition) is 3. The van der Waals surface area contributed by atoms with Gasteiger partial charge in [0.15, 0.2) is 0 Å². The molecule has 1 fully saturated rings. The zero-order valence-electron chi connectivity index (χ0n) is 15.7. The number of carbonyl (C=O) groups is 2. The zero-order chi connectivity index (χ0) is 19.7. The average Bonchev–Trinajstić information content (AvgIpc) is 2.67. The maximum Gasteiger partial charge on any atom is 0.258 e. The number of nitrogens with zero attached hydrogens (tertiary/aromatic N) is 2. The van der Waals surface area contributed by atoms with Crippen LogP contribution in [-0.2, 0) is 9.59 Å². The summed E-state index contributed by atoms with van der Waals surface area (Å²) in [7, 11) is 0. The Hall–Kier alpha value is -3.16. The van der Waals surface area contributed by atoms with Crippen LogP contribution >= 0.6 is 0 Å². The first-order valence-electron chi connectivity index (χ1n) is 9.58. The second-order valence-electron chi connectivity index (χ2n) is 7.36. The van der Waals surface area contributed by atoms with Gasteiger partial charge in [-0.05, 0) is 43.9 Å². The van der Waals surface area contributed by atoms with E-state index in [0.717, 1.165) is 37.9 Å². The summed E-state index contributed by atoms with van der Waals surface area (Å²) in [5.74, 6) is -0.955. The molecule has 2 aliphatic rings. The fourth-order valence-electron chi connectivity index (χ4n) is 3.79. The second-order valence-corrected chi connectivity index (χ2v) is 7.36. The first kappa shape index (κ1) is 18.2. The molecule has 28 heavy (non-hydrogen) atoms. The molecule has 2 aliphatic heterocycles. The van der Waals surface area contributed by atoms with Crippen molar-refractivity contribution in [2.45, 2.75) is 38.5 Å². The first-order chi connectivity index (χ1) is 13.5. The highest BCUT2D eigenvalue weighted by Crippen LogP contribution is 2.30. The number of hydrogen-bond acceptors (Lipinski definition) is 5. The minimum absolute atomic E-state index is 0.0849. The molecule has 0 aliphatic carbocycles. The molecule has 146 valence electrons. The molecule has 0 unspecified atom stereocenters. The lowest BCUT2D eigenvalue weighted by Gasteiger charge is -2.29. The summed E-state index contributed by atoms with van der Waals surface area (Å²) >= 11 is 0. The summed E-state index contributed by atoms with van der Waals surface area (Å²) < 4.78 is 0. The van der Waals surface area contributed by atoms with E-state index < -0.39 is 5.92 Å². The molecule has 3 heterocycles. The Kier molecular flexibility index (Phi) is 4.85. The molecule has 0 radical (unpaired) electrons. The number of H-pyrrole nitrogens is 1. The van der Waals surface area contributed by atoms with E-state index in [0.29, 0.717) is 11.6 Å². The number of piperidine rings is 1. The SMILES string of the molecule is Cc1cccc(NC(=O)[C@@H]2CC(=O)Nc3nc(N4CCCCC4)[nH]c(=O)c32)c1. The zero-order valence-corrected chi connectivity index (χ0v) is 15.7. The normalized spacial score (nSPS) is 19.0. The van der Waals surface area contributed by atoms with Crippen LogP contribution in [0, 0.1) is 6.92 Å². The molecule has 0 spiro atoms. The Bertz CT molecular complexity index is 978. The number of rotatable bonds is 3. The molecule has 1 atom stereocenters. The molecule has 3 N–H and O–H groups in total. The number of aromatic nitrogens is 2. The molecule has 1 saturated heterocycles. The van der Waals surface area contributed by atoms with Gasteiger partial charge in [0.05, 0.1) is 11.5 Å². The van der Waals surface area contributed by atoms with Gasteiger partial charge < -0.3 is 15.5 Å². The van der Waals surface area contributed by atoms with Crippen molar-refractivity contribution in [3.8, 4) is 0 Å². The van der Waals surface area contributed by atoms with Crippen LogP contribution in [0.1, 0.15) is 42.7 Å². The van der Waals surface area contributed by atoms with Gasteiger partial charge in [-0.3, -0.25) is 19.4 Å². The van der Waals surface area contributed by atoms with Crippen molar-refractivity contribution in [3.63, 3.8) is 0 Å². The van der Waals surface area contributed by atoms with Crippen LogP contribution in [-0.4, -0.2) is 34.9 Å². The smallest absolute Gasteiger partial charge is 0.258 e. The van der Waals surface area contributed by atoms with Crippen molar-refractivity contribution >= 4 is 29.3 Å². The van der Waals surface area contributed by atoms with Gasteiger partial charge in [-0.1, -0.05) is 12.1 Å². The Morgan fingerprint density at radius 2 is 2.00 bits per heavy atom. The summed E-state index contributed by atoms with van der Waals surface area (Å²) in [5.41, 5.74) is 1.47. The maximum atomic E-state index is 12.8. The quantitative estimate of drug-likeness (QED) is 0.755. The molecule has 0 bridgehead atoms. The minimum atomic E-state index is -0.879. The van der Waals surface area contributed by atoms with Gasteiger partial charge in [0.25, 0.3) is 5.56 Å². The van der Waals surface area contributed by atoms with E-state index in [1.807, 2.05) is 30.0 Å². The predicted molar refractivity (Wildman–Crippen MR) is 107 cm³/mol. The number of carbonyl (C=O) groups excluding carboxylic acids is 2. The molecule has 8 heteroatoms. The fraction of sp³-hybridized carbons (Fsp3) is 0.400. The largest absolute Gasteiger partial charge is 0.342 e. The van der Waals surface area contributed by atoms with E-state index in [1.54, 1.807) is 6.07 Å². The third-order valence-corrected chi connectivity index (χ3v) is 5.20. The van der Waals surface area contributed by atoms with Gasteiger partial charge in [-0.2, -0.15) is 4.98 Å². The molecule has 8 nitrogen and oxygen atoms in total. The van der Waals surface area contributed by atoms with E-state index in [9.17, 15) is 14.4 Å². The highest BCUT2D eigenvalue weighted by atomic mass is 16.2.